The lowest BCUT2D eigenvalue weighted by Crippen LogP contribution is -1.66. The smallest absolute Gasteiger partial charge is 0.0398 e. The van der Waals surface area contributed by atoms with E-state index in [1.807, 2.05) is 13.0 Å². The fraction of sp³-hybridized carbons (Fsp3) is 0.400. The number of hydrogen-bond donors (Lipinski definition) is 0. The second kappa shape index (κ2) is 5.04. The van der Waals surface area contributed by atoms with E-state index >= 15 is 0 Å². The lowest BCUT2D eigenvalue weighted by molar-refractivity contribution is 1.38. The van der Waals surface area contributed by atoms with Crippen molar-refractivity contribution in [2.45, 2.75) is 27.7 Å². The first kappa shape index (κ1) is 9.22. The molecule has 56 valence electrons. The van der Waals surface area contributed by atoms with Gasteiger partial charge in [0.05, 0.1) is 0 Å². The highest BCUT2D eigenvalue weighted by atomic mass is 13.8. The fourth-order valence-electron chi connectivity index (χ4n) is 0.617. The zero-order valence-electron chi connectivity index (χ0n) is 7.31. The molecule has 0 aliphatic heterocycles. The molecule has 0 saturated heterocycles. The average Bonchev–Trinajstić information content (AvgIpc) is 1.85. The summed E-state index contributed by atoms with van der Waals surface area (Å²) >= 11 is 0. The number of rotatable bonds is 2. The summed E-state index contributed by atoms with van der Waals surface area (Å²) < 4.78 is 0. The molecule has 0 fully saturated rings. The largest absolute Gasteiger partial charge is 0.0874 e. The third-order valence-electron chi connectivity index (χ3n) is 1.11. The van der Waals surface area contributed by atoms with Crippen LogP contribution < -0.4 is 0 Å². The fourth-order valence-corrected chi connectivity index (χ4v) is 0.617. The first-order chi connectivity index (χ1) is 4.66. The molecular weight excluding hydrogens is 120 g/mol. The molecule has 0 aromatic carbocycles. The molecule has 0 aliphatic carbocycles. The van der Waals surface area contributed by atoms with Gasteiger partial charge < -0.3 is 0 Å². The van der Waals surface area contributed by atoms with Crippen LogP contribution in [0.2, 0.25) is 0 Å². The topological polar surface area (TPSA) is 0 Å². The van der Waals surface area contributed by atoms with E-state index in [1.165, 1.54) is 11.1 Å². The summed E-state index contributed by atoms with van der Waals surface area (Å²) in [6.45, 7) is 8.32. The molecule has 0 heteroatoms. The molecule has 0 aromatic rings. The van der Waals surface area contributed by atoms with Gasteiger partial charge in [0.2, 0.25) is 0 Å². The minimum Gasteiger partial charge on any atom is -0.0874 e. The van der Waals surface area contributed by atoms with Crippen LogP contribution in [0.1, 0.15) is 27.7 Å². The third kappa shape index (κ3) is 5.36. The van der Waals surface area contributed by atoms with Crippen molar-refractivity contribution in [1.29, 1.82) is 0 Å². The third-order valence-corrected chi connectivity index (χ3v) is 1.11. The molecule has 0 N–H and O–H groups in total. The molecule has 10 heavy (non-hydrogen) atoms. The zero-order valence-corrected chi connectivity index (χ0v) is 7.31. The van der Waals surface area contributed by atoms with Gasteiger partial charge in [0.15, 0.2) is 0 Å². The summed E-state index contributed by atoms with van der Waals surface area (Å²) in [5, 5.41) is 0. The Morgan fingerprint density at radius 3 is 2.00 bits per heavy atom. The van der Waals surface area contributed by atoms with Crippen LogP contribution in [-0.2, 0) is 0 Å². The van der Waals surface area contributed by atoms with Crippen LogP contribution in [0, 0.1) is 0 Å². The van der Waals surface area contributed by atoms with Crippen molar-refractivity contribution in [2.75, 3.05) is 0 Å². The van der Waals surface area contributed by atoms with Gasteiger partial charge in [0.25, 0.3) is 0 Å². The maximum absolute atomic E-state index is 2.12. The summed E-state index contributed by atoms with van der Waals surface area (Å²) in [6.07, 6.45) is 8.38. The van der Waals surface area contributed by atoms with Gasteiger partial charge in [0.1, 0.15) is 0 Å². The van der Waals surface area contributed by atoms with Gasteiger partial charge in [-0.15, -0.1) is 0 Å². The Hall–Kier alpha value is -0.780. The normalized spacial score (nSPS) is 12.2. The molecule has 0 amide bonds. The van der Waals surface area contributed by atoms with Crippen molar-refractivity contribution >= 4 is 0 Å². The van der Waals surface area contributed by atoms with Gasteiger partial charge in [-0.3, -0.25) is 0 Å². The van der Waals surface area contributed by atoms with E-state index in [0.29, 0.717) is 0 Å². The number of allylic oxidation sites excluding steroid dienone is 6. The predicted octanol–water partition coefficient (Wildman–Crippen LogP) is 3.48. The van der Waals surface area contributed by atoms with Crippen LogP contribution in [0.4, 0.5) is 0 Å². The van der Waals surface area contributed by atoms with Crippen LogP contribution in [-0.4, -0.2) is 0 Å². The van der Waals surface area contributed by atoms with Crippen molar-refractivity contribution in [3.05, 3.63) is 35.5 Å². The molecule has 0 atom stereocenters. The second-order valence-electron chi connectivity index (χ2n) is 2.65. The lowest BCUT2D eigenvalue weighted by Gasteiger charge is -1.87. The Balaban J connectivity index is 4.05. The Labute approximate surface area is 64.0 Å². The quantitative estimate of drug-likeness (QED) is 0.510. The summed E-state index contributed by atoms with van der Waals surface area (Å²) in [7, 11) is 0. The Morgan fingerprint density at radius 1 is 1.00 bits per heavy atom. The van der Waals surface area contributed by atoms with E-state index in [4.69, 9.17) is 0 Å². The van der Waals surface area contributed by atoms with Gasteiger partial charge in [-0.2, -0.15) is 0 Å². The molecule has 0 heterocycles. The predicted molar refractivity (Wildman–Crippen MR) is 48.0 cm³/mol. The maximum atomic E-state index is 2.12. The van der Waals surface area contributed by atoms with Crippen molar-refractivity contribution in [2.24, 2.45) is 0 Å². The van der Waals surface area contributed by atoms with Crippen LogP contribution in [0.3, 0.4) is 0 Å². The van der Waals surface area contributed by atoms with E-state index < -0.39 is 0 Å². The van der Waals surface area contributed by atoms with Gasteiger partial charge >= 0.3 is 0 Å². The van der Waals surface area contributed by atoms with Crippen molar-refractivity contribution < 1.29 is 0 Å². The standard InChI is InChI=1S/C10H16/c1-5-6-10(4)8-7-9(2)3/h5-8H,1-4H3/b6-5+,10-8+. The van der Waals surface area contributed by atoms with Gasteiger partial charge in [-0.05, 0) is 27.7 Å². The van der Waals surface area contributed by atoms with Crippen LogP contribution in [0.25, 0.3) is 0 Å². The molecule has 0 bridgehead atoms. The highest BCUT2D eigenvalue weighted by Crippen LogP contribution is 1.97. The Morgan fingerprint density at radius 2 is 1.60 bits per heavy atom. The van der Waals surface area contributed by atoms with Crippen LogP contribution in [0.15, 0.2) is 35.5 Å². The van der Waals surface area contributed by atoms with Gasteiger partial charge in [0, 0.05) is 0 Å². The molecule has 0 radical (unpaired) electrons. The molecule has 0 aliphatic rings. The van der Waals surface area contributed by atoms with Crippen molar-refractivity contribution in [3.63, 3.8) is 0 Å². The Kier molecular flexibility index (Phi) is 4.65. The van der Waals surface area contributed by atoms with E-state index in [1.54, 1.807) is 0 Å². The summed E-state index contributed by atoms with van der Waals surface area (Å²) in [5.41, 5.74) is 2.63. The SMILES string of the molecule is C/C=C/C(C)=C/C=C(C)C. The average molecular weight is 136 g/mol. The molecule has 0 aromatic heterocycles. The molecule has 0 spiro atoms. The maximum Gasteiger partial charge on any atom is -0.0398 e. The van der Waals surface area contributed by atoms with Crippen LogP contribution in [0.5, 0.6) is 0 Å². The van der Waals surface area contributed by atoms with E-state index in [0.717, 1.165) is 0 Å². The number of hydrogen-bond acceptors (Lipinski definition) is 0. The highest BCUT2D eigenvalue weighted by molar-refractivity contribution is 5.22. The monoisotopic (exact) mass is 136 g/mol. The van der Waals surface area contributed by atoms with E-state index in [-0.39, 0.29) is 0 Å². The molecule has 0 saturated carbocycles. The van der Waals surface area contributed by atoms with Gasteiger partial charge in [-0.1, -0.05) is 35.5 Å². The molecule has 0 unspecified atom stereocenters. The van der Waals surface area contributed by atoms with Crippen molar-refractivity contribution in [3.8, 4) is 0 Å². The summed E-state index contributed by atoms with van der Waals surface area (Å²) in [5.74, 6) is 0. The first-order valence-electron chi connectivity index (χ1n) is 3.61. The first-order valence-corrected chi connectivity index (χ1v) is 3.61. The minimum atomic E-state index is 1.30. The van der Waals surface area contributed by atoms with Crippen LogP contribution >= 0.6 is 0 Å². The van der Waals surface area contributed by atoms with Gasteiger partial charge in [-0.25, -0.2) is 0 Å². The molecule has 0 nitrogen and oxygen atoms in total. The van der Waals surface area contributed by atoms with E-state index in [2.05, 4.69) is 39.0 Å². The molecule has 0 rings (SSSR count). The summed E-state index contributed by atoms with van der Waals surface area (Å²) in [6, 6.07) is 0. The van der Waals surface area contributed by atoms with Crippen molar-refractivity contribution in [1.82, 2.24) is 0 Å². The second-order valence-corrected chi connectivity index (χ2v) is 2.65. The lowest BCUT2D eigenvalue weighted by atomic mass is 10.2. The highest BCUT2D eigenvalue weighted by Gasteiger charge is 1.76. The van der Waals surface area contributed by atoms with E-state index in [9.17, 15) is 0 Å². The molecular formula is C10H16. The summed E-state index contributed by atoms with van der Waals surface area (Å²) in [4.78, 5) is 0. The minimum absolute atomic E-state index is 1.30. The Bertz CT molecular complexity index is 164. The zero-order chi connectivity index (χ0) is 7.98.